The summed E-state index contributed by atoms with van der Waals surface area (Å²) < 4.78 is 24.7. The molecule has 2 N–H and O–H groups in total. The number of thiophene rings is 1. The van der Waals surface area contributed by atoms with Gasteiger partial charge in [-0.25, -0.2) is 8.42 Å². The summed E-state index contributed by atoms with van der Waals surface area (Å²) in [6, 6.07) is 3.36. The molecule has 0 aliphatic rings. The highest BCUT2D eigenvalue weighted by Gasteiger charge is 2.19. The first-order valence-electron chi connectivity index (χ1n) is 4.14. The molecule has 0 aliphatic heterocycles. The molecule has 0 fully saturated rings. The smallest absolute Gasteiger partial charge is 0.188 e. The number of hydrogen-bond donors (Lipinski definition) is 1. The molecule has 14 heavy (non-hydrogen) atoms. The first-order chi connectivity index (χ1) is 6.45. The van der Waals surface area contributed by atoms with Crippen LogP contribution in [0.15, 0.2) is 20.1 Å². The fourth-order valence-electron chi connectivity index (χ4n) is 0.990. The summed E-state index contributed by atoms with van der Waals surface area (Å²) in [4.78, 5) is 0. The van der Waals surface area contributed by atoms with Crippen molar-refractivity contribution in [3.63, 3.8) is 0 Å². The zero-order chi connectivity index (χ0) is 10.8. The van der Waals surface area contributed by atoms with Gasteiger partial charge in [-0.2, -0.15) is 0 Å². The summed E-state index contributed by atoms with van der Waals surface area (Å²) in [7, 11) is -3.14. The second kappa shape index (κ2) is 4.74. The Balaban J connectivity index is 2.86. The largest absolute Gasteiger partial charge is 0.330 e. The molecule has 1 rings (SSSR count). The van der Waals surface area contributed by atoms with Crippen molar-refractivity contribution in [2.75, 3.05) is 12.3 Å². The number of sulfone groups is 1. The first-order valence-corrected chi connectivity index (χ1v) is 7.40. The second-order valence-electron chi connectivity index (χ2n) is 3.18. The maximum atomic E-state index is 11.7. The molecule has 0 aromatic carbocycles. The number of nitrogens with two attached hydrogens (primary N) is 1. The van der Waals surface area contributed by atoms with Gasteiger partial charge in [-0.15, -0.1) is 11.3 Å². The van der Waals surface area contributed by atoms with Crippen LogP contribution in [0.5, 0.6) is 0 Å². The lowest BCUT2D eigenvalue weighted by atomic mass is 10.2. The number of halogens is 1. The van der Waals surface area contributed by atoms with Gasteiger partial charge < -0.3 is 5.73 Å². The van der Waals surface area contributed by atoms with Crippen LogP contribution in [0.1, 0.15) is 6.92 Å². The molecule has 3 nitrogen and oxygen atoms in total. The second-order valence-corrected chi connectivity index (χ2v) is 7.90. The standard InChI is InChI=1S/C8H12BrNO2S2/c1-6(4-10)5-14(11,12)8-3-2-7(9)13-8/h2-3,6H,4-5,10H2,1H3. The van der Waals surface area contributed by atoms with Crippen molar-refractivity contribution in [2.24, 2.45) is 11.7 Å². The van der Waals surface area contributed by atoms with E-state index in [4.69, 9.17) is 5.73 Å². The van der Waals surface area contributed by atoms with Crippen LogP contribution in [-0.4, -0.2) is 20.7 Å². The maximum absolute atomic E-state index is 11.7. The minimum atomic E-state index is -3.14. The van der Waals surface area contributed by atoms with E-state index in [-0.39, 0.29) is 11.7 Å². The van der Waals surface area contributed by atoms with E-state index >= 15 is 0 Å². The molecule has 1 atom stereocenters. The van der Waals surface area contributed by atoms with Crippen molar-refractivity contribution in [2.45, 2.75) is 11.1 Å². The van der Waals surface area contributed by atoms with Crippen LogP contribution >= 0.6 is 27.3 Å². The molecule has 1 aromatic heterocycles. The molecular weight excluding hydrogens is 286 g/mol. The normalized spacial score (nSPS) is 14.2. The Kier molecular flexibility index (Phi) is 4.12. The van der Waals surface area contributed by atoms with Crippen LogP contribution in [0.4, 0.5) is 0 Å². The Bertz CT molecular complexity index is 399. The van der Waals surface area contributed by atoms with Gasteiger partial charge in [0, 0.05) is 0 Å². The van der Waals surface area contributed by atoms with E-state index in [1.165, 1.54) is 11.3 Å². The van der Waals surface area contributed by atoms with Crippen molar-refractivity contribution in [1.29, 1.82) is 0 Å². The Hall–Kier alpha value is 0.0900. The monoisotopic (exact) mass is 297 g/mol. The van der Waals surface area contributed by atoms with E-state index in [1.54, 1.807) is 12.1 Å². The van der Waals surface area contributed by atoms with E-state index in [0.717, 1.165) is 3.79 Å². The SMILES string of the molecule is CC(CN)CS(=O)(=O)c1ccc(Br)s1. The van der Waals surface area contributed by atoms with Crippen molar-refractivity contribution >= 4 is 37.1 Å². The Morgan fingerprint density at radius 1 is 1.57 bits per heavy atom. The first kappa shape index (κ1) is 12.2. The van der Waals surface area contributed by atoms with E-state index in [2.05, 4.69) is 15.9 Å². The van der Waals surface area contributed by atoms with Crippen LogP contribution in [-0.2, 0) is 9.84 Å². The molecule has 0 amide bonds. The lowest BCUT2D eigenvalue weighted by Crippen LogP contribution is -2.20. The van der Waals surface area contributed by atoms with Gasteiger partial charge in [-0.05, 0) is 40.5 Å². The molecular formula is C8H12BrNO2S2. The quantitative estimate of drug-likeness (QED) is 0.923. The topological polar surface area (TPSA) is 60.2 Å². The van der Waals surface area contributed by atoms with Gasteiger partial charge in [-0.3, -0.25) is 0 Å². The molecule has 0 aliphatic carbocycles. The Morgan fingerprint density at radius 2 is 2.21 bits per heavy atom. The fraction of sp³-hybridized carbons (Fsp3) is 0.500. The predicted octanol–water partition coefficient (Wildman–Crippen LogP) is 1.88. The Morgan fingerprint density at radius 3 is 2.64 bits per heavy atom. The summed E-state index contributed by atoms with van der Waals surface area (Å²) in [5.41, 5.74) is 5.39. The molecule has 0 spiro atoms. The molecule has 6 heteroatoms. The van der Waals surface area contributed by atoms with Crippen molar-refractivity contribution in [3.8, 4) is 0 Å². The van der Waals surface area contributed by atoms with E-state index in [1.807, 2.05) is 6.92 Å². The van der Waals surface area contributed by atoms with Crippen molar-refractivity contribution in [1.82, 2.24) is 0 Å². The molecule has 0 saturated carbocycles. The molecule has 1 heterocycles. The van der Waals surface area contributed by atoms with Crippen LogP contribution in [0.2, 0.25) is 0 Å². The zero-order valence-corrected chi connectivity index (χ0v) is 11.0. The van der Waals surface area contributed by atoms with E-state index < -0.39 is 9.84 Å². The van der Waals surface area contributed by atoms with E-state index in [9.17, 15) is 8.42 Å². The lowest BCUT2D eigenvalue weighted by molar-refractivity contribution is 0.575. The third-order valence-corrected chi connectivity index (χ3v) is 5.95. The highest BCUT2D eigenvalue weighted by Crippen LogP contribution is 2.27. The molecule has 1 unspecified atom stereocenters. The molecule has 80 valence electrons. The van der Waals surface area contributed by atoms with Gasteiger partial charge in [-0.1, -0.05) is 6.92 Å². The summed E-state index contributed by atoms with van der Waals surface area (Å²) >= 11 is 4.47. The summed E-state index contributed by atoms with van der Waals surface area (Å²) in [5.74, 6) is 0.122. The van der Waals surface area contributed by atoms with Gasteiger partial charge in [0.15, 0.2) is 9.84 Å². The number of hydrogen-bond acceptors (Lipinski definition) is 4. The van der Waals surface area contributed by atoms with Crippen LogP contribution < -0.4 is 5.73 Å². The summed E-state index contributed by atoms with van der Waals surface area (Å²) in [6.07, 6.45) is 0. The molecule has 0 saturated heterocycles. The van der Waals surface area contributed by atoms with Crippen LogP contribution in [0, 0.1) is 5.92 Å². The Labute approximate surface area is 96.4 Å². The lowest BCUT2D eigenvalue weighted by Gasteiger charge is -2.07. The number of rotatable bonds is 4. The van der Waals surface area contributed by atoms with Gasteiger partial charge in [0.25, 0.3) is 0 Å². The van der Waals surface area contributed by atoms with Crippen LogP contribution in [0.25, 0.3) is 0 Å². The fourth-order valence-corrected chi connectivity index (χ4v) is 4.74. The van der Waals surface area contributed by atoms with Crippen LogP contribution in [0.3, 0.4) is 0 Å². The van der Waals surface area contributed by atoms with E-state index in [0.29, 0.717) is 10.8 Å². The van der Waals surface area contributed by atoms with Gasteiger partial charge in [0.2, 0.25) is 0 Å². The zero-order valence-electron chi connectivity index (χ0n) is 7.73. The molecule has 0 radical (unpaired) electrons. The van der Waals surface area contributed by atoms with Gasteiger partial charge in [0.1, 0.15) is 4.21 Å². The van der Waals surface area contributed by atoms with Gasteiger partial charge >= 0.3 is 0 Å². The summed E-state index contributed by atoms with van der Waals surface area (Å²) in [5, 5.41) is 0. The maximum Gasteiger partial charge on any atom is 0.188 e. The molecule has 1 aromatic rings. The predicted molar refractivity (Wildman–Crippen MR) is 62.3 cm³/mol. The average molecular weight is 298 g/mol. The third-order valence-electron chi connectivity index (χ3n) is 1.76. The third kappa shape index (κ3) is 3.05. The highest BCUT2D eigenvalue weighted by molar-refractivity contribution is 9.11. The van der Waals surface area contributed by atoms with Crippen molar-refractivity contribution in [3.05, 3.63) is 15.9 Å². The van der Waals surface area contributed by atoms with Crippen molar-refractivity contribution < 1.29 is 8.42 Å². The minimum absolute atomic E-state index is 0.000811. The minimum Gasteiger partial charge on any atom is -0.330 e. The average Bonchev–Trinajstić information content (AvgIpc) is 2.51. The summed E-state index contributed by atoms with van der Waals surface area (Å²) in [6.45, 7) is 2.23. The molecule has 0 bridgehead atoms. The van der Waals surface area contributed by atoms with Gasteiger partial charge in [0.05, 0.1) is 9.54 Å². The highest BCUT2D eigenvalue weighted by atomic mass is 79.9.